The summed E-state index contributed by atoms with van der Waals surface area (Å²) in [5.41, 5.74) is 1.52. The van der Waals surface area contributed by atoms with Gasteiger partial charge in [-0.1, -0.05) is 11.6 Å². The summed E-state index contributed by atoms with van der Waals surface area (Å²) in [5.74, 6) is -0.0504. The standard InChI is InChI=1S/C13H11ClN2O/c1-16-9-10(8-15-16)2-7-13(17)11-3-5-12(14)6-4-11/h2-9H,1H3/b7-2-. The number of halogens is 1. The summed E-state index contributed by atoms with van der Waals surface area (Å²) in [4.78, 5) is 11.8. The molecule has 1 aromatic heterocycles. The Morgan fingerprint density at radius 2 is 2.06 bits per heavy atom. The van der Waals surface area contributed by atoms with Gasteiger partial charge in [0.25, 0.3) is 0 Å². The van der Waals surface area contributed by atoms with Crippen molar-refractivity contribution < 1.29 is 4.79 Å². The van der Waals surface area contributed by atoms with Crippen LogP contribution in [0.4, 0.5) is 0 Å². The zero-order valence-corrected chi connectivity index (χ0v) is 10.1. The van der Waals surface area contributed by atoms with Crippen molar-refractivity contribution in [2.24, 2.45) is 7.05 Å². The minimum absolute atomic E-state index is 0.0504. The number of aryl methyl sites for hydroxylation is 1. The van der Waals surface area contributed by atoms with Crippen LogP contribution in [0, 0.1) is 0 Å². The molecule has 0 aliphatic carbocycles. The summed E-state index contributed by atoms with van der Waals surface area (Å²) in [6, 6.07) is 6.82. The zero-order chi connectivity index (χ0) is 12.3. The van der Waals surface area contributed by atoms with Crippen LogP contribution in [0.2, 0.25) is 5.02 Å². The molecule has 0 saturated heterocycles. The van der Waals surface area contributed by atoms with Gasteiger partial charge in [-0.05, 0) is 36.4 Å². The predicted molar refractivity (Wildman–Crippen MR) is 68.0 cm³/mol. The zero-order valence-electron chi connectivity index (χ0n) is 9.30. The van der Waals surface area contributed by atoms with Crippen LogP contribution >= 0.6 is 11.6 Å². The number of carbonyl (C=O) groups excluding carboxylic acids is 1. The second-order valence-corrected chi connectivity index (χ2v) is 4.09. The SMILES string of the molecule is Cn1cc(/C=C\C(=O)c2ccc(Cl)cc2)cn1. The topological polar surface area (TPSA) is 34.9 Å². The van der Waals surface area contributed by atoms with E-state index in [1.165, 1.54) is 6.08 Å². The fourth-order valence-electron chi connectivity index (χ4n) is 1.41. The van der Waals surface area contributed by atoms with Crippen molar-refractivity contribution in [3.05, 3.63) is 58.9 Å². The third-order valence-electron chi connectivity index (χ3n) is 2.28. The van der Waals surface area contributed by atoms with Crippen LogP contribution in [-0.4, -0.2) is 15.6 Å². The number of nitrogens with zero attached hydrogens (tertiary/aromatic N) is 2. The Balaban J connectivity index is 2.11. The highest BCUT2D eigenvalue weighted by Crippen LogP contribution is 2.11. The third kappa shape index (κ3) is 3.04. The Labute approximate surface area is 104 Å². The molecule has 0 saturated carbocycles. The van der Waals surface area contributed by atoms with E-state index in [-0.39, 0.29) is 5.78 Å². The molecule has 0 amide bonds. The lowest BCUT2D eigenvalue weighted by atomic mass is 10.1. The molecule has 0 fully saturated rings. The summed E-state index contributed by atoms with van der Waals surface area (Å²) in [5, 5.41) is 4.64. The van der Waals surface area contributed by atoms with Crippen molar-refractivity contribution >= 4 is 23.5 Å². The maximum atomic E-state index is 11.8. The summed E-state index contributed by atoms with van der Waals surface area (Å²) in [6.07, 6.45) is 6.81. The Kier molecular flexibility index (Phi) is 3.40. The molecule has 2 aromatic rings. The lowest BCUT2D eigenvalue weighted by Crippen LogP contribution is -1.92. The van der Waals surface area contributed by atoms with Gasteiger partial charge >= 0.3 is 0 Å². The summed E-state index contributed by atoms with van der Waals surface area (Å²) >= 11 is 5.75. The molecule has 0 bridgehead atoms. The highest BCUT2D eigenvalue weighted by Gasteiger charge is 2.01. The van der Waals surface area contributed by atoms with Gasteiger partial charge in [0.05, 0.1) is 6.20 Å². The first-order chi connectivity index (χ1) is 8.15. The van der Waals surface area contributed by atoms with Crippen LogP contribution in [0.25, 0.3) is 6.08 Å². The molecule has 2 rings (SSSR count). The minimum Gasteiger partial charge on any atom is -0.289 e. The van der Waals surface area contributed by atoms with Crippen molar-refractivity contribution in [1.29, 1.82) is 0 Å². The summed E-state index contributed by atoms with van der Waals surface area (Å²) in [6.45, 7) is 0. The van der Waals surface area contributed by atoms with Gasteiger partial charge in [-0.3, -0.25) is 9.48 Å². The van der Waals surface area contributed by atoms with E-state index in [1.807, 2.05) is 13.2 Å². The maximum absolute atomic E-state index is 11.8. The van der Waals surface area contributed by atoms with E-state index in [9.17, 15) is 4.79 Å². The molecule has 0 aliphatic heterocycles. The van der Waals surface area contributed by atoms with E-state index in [0.717, 1.165) is 5.56 Å². The van der Waals surface area contributed by atoms with E-state index in [1.54, 1.807) is 41.2 Å². The quantitative estimate of drug-likeness (QED) is 0.617. The van der Waals surface area contributed by atoms with Gasteiger partial charge in [0.1, 0.15) is 0 Å². The number of allylic oxidation sites excluding steroid dienone is 1. The smallest absolute Gasteiger partial charge is 0.185 e. The molecule has 0 atom stereocenters. The fourth-order valence-corrected chi connectivity index (χ4v) is 1.53. The van der Waals surface area contributed by atoms with Crippen LogP contribution in [0.3, 0.4) is 0 Å². The van der Waals surface area contributed by atoms with Crippen molar-refractivity contribution in [2.45, 2.75) is 0 Å². The van der Waals surface area contributed by atoms with Crippen LogP contribution in [0.5, 0.6) is 0 Å². The monoisotopic (exact) mass is 246 g/mol. The first-order valence-corrected chi connectivity index (χ1v) is 5.49. The van der Waals surface area contributed by atoms with E-state index in [0.29, 0.717) is 10.6 Å². The highest BCUT2D eigenvalue weighted by atomic mass is 35.5. The Morgan fingerprint density at radius 3 is 2.65 bits per heavy atom. The van der Waals surface area contributed by atoms with E-state index < -0.39 is 0 Å². The Morgan fingerprint density at radius 1 is 1.35 bits per heavy atom. The molecule has 0 spiro atoms. The van der Waals surface area contributed by atoms with Gasteiger partial charge < -0.3 is 0 Å². The molecule has 1 aromatic carbocycles. The van der Waals surface area contributed by atoms with Crippen molar-refractivity contribution in [1.82, 2.24) is 9.78 Å². The lowest BCUT2D eigenvalue weighted by Gasteiger charge is -1.95. The molecule has 86 valence electrons. The number of aromatic nitrogens is 2. The molecule has 4 heteroatoms. The minimum atomic E-state index is -0.0504. The van der Waals surface area contributed by atoms with E-state index >= 15 is 0 Å². The maximum Gasteiger partial charge on any atom is 0.185 e. The van der Waals surface area contributed by atoms with Gasteiger partial charge in [0.2, 0.25) is 0 Å². The highest BCUT2D eigenvalue weighted by molar-refractivity contribution is 6.30. The van der Waals surface area contributed by atoms with Crippen LogP contribution in [0.15, 0.2) is 42.7 Å². The summed E-state index contributed by atoms with van der Waals surface area (Å²) in [7, 11) is 1.83. The second kappa shape index (κ2) is 4.97. The fraction of sp³-hybridized carbons (Fsp3) is 0.0769. The van der Waals surface area contributed by atoms with Crippen LogP contribution in [0.1, 0.15) is 15.9 Å². The van der Waals surface area contributed by atoms with Gasteiger partial charge in [0.15, 0.2) is 5.78 Å². The van der Waals surface area contributed by atoms with Crippen molar-refractivity contribution in [3.8, 4) is 0 Å². The lowest BCUT2D eigenvalue weighted by molar-refractivity contribution is 0.104. The van der Waals surface area contributed by atoms with Crippen molar-refractivity contribution in [2.75, 3.05) is 0 Å². The number of hydrogen-bond acceptors (Lipinski definition) is 2. The number of ketones is 1. The largest absolute Gasteiger partial charge is 0.289 e. The van der Waals surface area contributed by atoms with Gasteiger partial charge in [-0.15, -0.1) is 0 Å². The third-order valence-corrected chi connectivity index (χ3v) is 2.53. The normalized spacial score (nSPS) is 10.9. The number of hydrogen-bond donors (Lipinski definition) is 0. The molecule has 17 heavy (non-hydrogen) atoms. The average Bonchev–Trinajstić information content (AvgIpc) is 2.73. The number of carbonyl (C=O) groups is 1. The molecular formula is C13H11ClN2O. The second-order valence-electron chi connectivity index (χ2n) is 3.65. The van der Waals surface area contributed by atoms with E-state index in [2.05, 4.69) is 5.10 Å². The molecule has 0 aliphatic rings. The first kappa shape index (κ1) is 11.6. The van der Waals surface area contributed by atoms with E-state index in [4.69, 9.17) is 11.6 Å². The van der Waals surface area contributed by atoms with Gasteiger partial charge in [-0.2, -0.15) is 5.10 Å². The molecule has 1 heterocycles. The van der Waals surface area contributed by atoms with Crippen LogP contribution < -0.4 is 0 Å². The molecular weight excluding hydrogens is 236 g/mol. The number of rotatable bonds is 3. The first-order valence-electron chi connectivity index (χ1n) is 5.12. The molecule has 0 radical (unpaired) electrons. The number of benzene rings is 1. The Bertz CT molecular complexity index is 555. The Hall–Kier alpha value is -1.87. The van der Waals surface area contributed by atoms with Gasteiger partial charge in [0, 0.05) is 29.4 Å². The molecule has 0 N–H and O–H groups in total. The summed E-state index contributed by atoms with van der Waals surface area (Å²) < 4.78 is 1.69. The predicted octanol–water partition coefficient (Wildman–Crippen LogP) is 2.97. The molecule has 3 nitrogen and oxygen atoms in total. The van der Waals surface area contributed by atoms with Gasteiger partial charge in [-0.25, -0.2) is 0 Å². The van der Waals surface area contributed by atoms with Crippen molar-refractivity contribution in [3.63, 3.8) is 0 Å². The molecule has 0 unspecified atom stereocenters. The average molecular weight is 247 g/mol. The van der Waals surface area contributed by atoms with Crippen LogP contribution in [-0.2, 0) is 7.05 Å².